The quantitative estimate of drug-likeness (QED) is 0.888. The molecule has 4 heteroatoms. The summed E-state index contributed by atoms with van der Waals surface area (Å²) < 4.78 is 5.20. The fraction of sp³-hybridized carbons (Fsp3) is 0.500. The van der Waals surface area contributed by atoms with Crippen LogP contribution in [0, 0.1) is 5.92 Å². The molecule has 1 heterocycles. The molecule has 0 saturated heterocycles. The van der Waals surface area contributed by atoms with Crippen molar-refractivity contribution in [3.05, 3.63) is 29.3 Å². The Morgan fingerprint density at radius 2 is 2.00 bits per heavy atom. The van der Waals surface area contributed by atoms with Crippen LogP contribution in [0.4, 0.5) is 0 Å². The number of benzene rings is 1. The van der Waals surface area contributed by atoms with E-state index in [-0.39, 0.29) is 5.92 Å². The Morgan fingerprint density at radius 1 is 1.33 bits per heavy atom. The molecule has 0 aliphatic carbocycles. The molecule has 1 unspecified atom stereocenters. The van der Waals surface area contributed by atoms with E-state index in [2.05, 4.69) is 0 Å². The number of hydrogen-bond acceptors (Lipinski definition) is 3. The van der Waals surface area contributed by atoms with Gasteiger partial charge in [-0.1, -0.05) is 19.9 Å². The van der Waals surface area contributed by atoms with E-state index in [1.165, 1.54) is 11.1 Å². The van der Waals surface area contributed by atoms with E-state index in [0.29, 0.717) is 13.1 Å². The van der Waals surface area contributed by atoms with Crippen LogP contribution < -0.4 is 4.74 Å². The molecule has 1 aliphatic rings. The van der Waals surface area contributed by atoms with Crippen molar-refractivity contribution in [3.8, 4) is 5.75 Å². The lowest BCUT2D eigenvalue weighted by molar-refractivity contribution is -0.145. The SMILES string of the molecule is COc1ccc2c(c1)CN(C(C(=O)O)C(C)C)C2. The maximum Gasteiger partial charge on any atom is 0.321 e. The average Bonchev–Trinajstić information content (AvgIpc) is 2.69. The molecule has 1 atom stereocenters. The number of carbonyl (C=O) groups is 1. The number of carboxylic acid groups (broad SMARTS) is 1. The zero-order chi connectivity index (χ0) is 13.3. The summed E-state index contributed by atoms with van der Waals surface area (Å²) in [6.07, 6.45) is 0. The first-order valence-corrected chi connectivity index (χ1v) is 6.15. The summed E-state index contributed by atoms with van der Waals surface area (Å²) in [5.74, 6) is 0.176. The second kappa shape index (κ2) is 4.98. The van der Waals surface area contributed by atoms with Gasteiger partial charge in [-0.2, -0.15) is 0 Å². The lowest BCUT2D eigenvalue weighted by Crippen LogP contribution is -2.41. The lowest BCUT2D eigenvalue weighted by atomic mass is 10.0. The minimum absolute atomic E-state index is 0.0960. The highest BCUT2D eigenvalue weighted by atomic mass is 16.5. The fourth-order valence-electron chi connectivity index (χ4n) is 2.58. The Bertz CT molecular complexity index is 456. The number of rotatable bonds is 4. The first kappa shape index (κ1) is 12.9. The second-order valence-electron chi connectivity index (χ2n) is 5.07. The standard InChI is InChI=1S/C14H19NO3/c1-9(2)13(14(16)17)15-7-10-4-5-12(18-3)6-11(10)8-15/h4-6,9,13H,7-8H2,1-3H3,(H,16,17). The molecule has 0 fully saturated rings. The van der Waals surface area contributed by atoms with Crippen LogP contribution in [0.15, 0.2) is 18.2 Å². The molecule has 2 rings (SSSR count). The van der Waals surface area contributed by atoms with Crippen LogP contribution in [0.3, 0.4) is 0 Å². The topological polar surface area (TPSA) is 49.8 Å². The van der Waals surface area contributed by atoms with Gasteiger partial charge in [0.25, 0.3) is 0 Å². The average molecular weight is 249 g/mol. The summed E-state index contributed by atoms with van der Waals surface area (Å²) in [6, 6.07) is 5.51. The Balaban J connectivity index is 2.20. The van der Waals surface area contributed by atoms with E-state index < -0.39 is 12.0 Å². The van der Waals surface area contributed by atoms with Crippen LogP contribution in [0.1, 0.15) is 25.0 Å². The highest BCUT2D eigenvalue weighted by Crippen LogP contribution is 2.29. The summed E-state index contributed by atoms with van der Waals surface area (Å²) in [6.45, 7) is 5.28. The van der Waals surface area contributed by atoms with Crippen LogP contribution in [-0.4, -0.2) is 29.1 Å². The van der Waals surface area contributed by atoms with Gasteiger partial charge in [0, 0.05) is 13.1 Å². The maximum absolute atomic E-state index is 11.3. The maximum atomic E-state index is 11.3. The third-order valence-corrected chi connectivity index (χ3v) is 3.44. The third-order valence-electron chi connectivity index (χ3n) is 3.44. The molecule has 0 amide bonds. The van der Waals surface area contributed by atoms with Crippen molar-refractivity contribution in [2.45, 2.75) is 33.0 Å². The zero-order valence-corrected chi connectivity index (χ0v) is 11.0. The molecule has 0 spiro atoms. The van der Waals surface area contributed by atoms with Gasteiger partial charge in [-0.05, 0) is 29.2 Å². The van der Waals surface area contributed by atoms with Crippen molar-refractivity contribution in [2.24, 2.45) is 5.92 Å². The Morgan fingerprint density at radius 3 is 2.56 bits per heavy atom. The second-order valence-corrected chi connectivity index (χ2v) is 5.07. The van der Waals surface area contributed by atoms with Gasteiger partial charge in [0.1, 0.15) is 11.8 Å². The van der Waals surface area contributed by atoms with E-state index in [1.54, 1.807) is 7.11 Å². The molecule has 1 aromatic rings. The van der Waals surface area contributed by atoms with Crippen molar-refractivity contribution < 1.29 is 14.6 Å². The van der Waals surface area contributed by atoms with E-state index in [9.17, 15) is 9.90 Å². The number of aliphatic carboxylic acids is 1. The molecule has 1 N–H and O–H groups in total. The van der Waals surface area contributed by atoms with Crippen molar-refractivity contribution in [1.82, 2.24) is 4.90 Å². The number of methoxy groups -OCH3 is 1. The Kier molecular flexibility index (Phi) is 3.57. The van der Waals surface area contributed by atoms with Gasteiger partial charge in [0.2, 0.25) is 0 Å². The molecule has 1 aliphatic heterocycles. The molecule has 0 radical (unpaired) electrons. The summed E-state index contributed by atoms with van der Waals surface area (Å²) in [4.78, 5) is 13.3. The van der Waals surface area contributed by atoms with Crippen LogP contribution in [0.5, 0.6) is 5.75 Å². The highest BCUT2D eigenvalue weighted by Gasteiger charge is 2.32. The number of fused-ring (bicyclic) bond motifs is 1. The fourth-order valence-corrected chi connectivity index (χ4v) is 2.58. The van der Waals surface area contributed by atoms with Crippen LogP contribution in [-0.2, 0) is 17.9 Å². The molecule has 0 saturated carbocycles. The van der Waals surface area contributed by atoms with E-state index in [0.717, 1.165) is 5.75 Å². The number of ether oxygens (including phenoxy) is 1. The third kappa shape index (κ3) is 2.34. The predicted molar refractivity (Wildman–Crippen MR) is 68.5 cm³/mol. The molecule has 0 bridgehead atoms. The van der Waals surface area contributed by atoms with Crippen molar-refractivity contribution in [2.75, 3.05) is 7.11 Å². The molecular weight excluding hydrogens is 230 g/mol. The molecular formula is C14H19NO3. The predicted octanol–water partition coefficient (Wildman–Crippen LogP) is 2.12. The van der Waals surface area contributed by atoms with Gasteiger partial charge >= 0.3 is 5.97 Å². The lowest BCUT2D eigenvalue weighted by Gasteiger charge is -2.26. The van der Waals surface area contributed by atoms with Gasteiger partial charge in [0.15, 0.2) is 0 Å². The molecule has 4 nitrogen and oxygen atoms in total. The monoisotopic (exact) mass is 249 g/mol. The smallest absolute Gasteiger partial charge is 0.321 e. The molecule has 18 heavy (non-hydrogen) atoms. The summed E-state index contributed by atoms with van der Waals surface area (Å²) >= 11 is 0. The van der Waals surface area contributed by atoms with Crippen molar-refractivity contribution >= 4 is 5.97 Å². The van der Waals surface area contributed by atoms with Crippen molar-refractivity contribution in [1.29, 1.82) is 0 Å². The van der Waals surface area contributed by atoms with Gasteiger partial charge in [-0.3, -0.25) is 9.69 Å². The highest BCUT2D eigenvalue weighted by molar-refractivity contribution is 5.74. The minimum Gasteiger partial charge on any atom is -0.497 e. The molecule has 1 aromatic carbocycles. The van der Waals surface area contributed by atoms with Crippen LogP contribution in [0.25, 0.3) is 0 Å². The van der Waals surface area contributed by atoms with Gasteiger partial charge in [-0.25, -0.2) is 0 Å². The first-order valence-electron chi connectivity index (χ1n) is 6.15. The number of carboxylic acids is 1. The molecule has 0 aromatic heterocycles. The summed E-state index contributed by atoms with van der Waals surface area (Å²) in [5.41, 5.74) is 2.36. The van der Waals surface area contributed by atoms with Crippen LogP contribution in [0.2, 0.25) is 0 Å². The summed E-state index contributed by atoms with van der Waals surface area (Å²) in [5, 5.41) is 9.32. The van der Waals surface area contributed by atoms with Gasteiger partial charge in [-0.15, -0.1) is 0 Å². The largest absolute Gasteiger partial charge is 0.497 e. The van der Waals surface area contributed by atoms with Gasteiger partial charge < -0.3 is 9.84 Å². The normalized spacial score (nSPS) is 16.7. The number of nitrogens with zero attached hydrogens (tertiary/aromatic N) is 1. The van der Waals surface area contributed by atoms with Crippen molar-refractivity contribution in [3.63, 3.8) is 0 Å². The van der Waals surface area contributed by atoms with E-state index in [1.807, 2.05) is 36.9 Å². The summed E-state index contributed by atoms with van der Waals surface area (Å²) in [7, 11) is 1.64. The van der Waals surface area contributed by atoms with Gasteiger partial charge in [0.05, 0.1) is 7.11 Å². The zero-order valence-electron chi connectivity index (χ0n) is 11.0. The first-order chi connectivity index (χ1) is 8.52. The van der Waals surface area contributed by atoms with E-state index in [4.69, 9.17) is 4.74 Å². The van der Waals surface area contributed by atoms with E-state index >= 15 is 0 Å². The number of hydrogen-bond donors (Lipinski definition) is 1. The minimum atomic E-state index is -0.746. The molecule has 98 valence electrons. The van der Waals surface area contributed by atoms with Crippen LogP contribution >= 0.6 is 0 Å². The Labute approximate surface area is 107 Å². The Hall–Kier alpha value is -1.55.